The molecule has 2 aromatic rings. The number of benzene rings is 1. The lowest BCUT2D eigenvalue weighted by Gasteiger charge is -2.18. The standard InChI is InChI=1S/C13H15N3O/c14-10-3-1-2-9(6-10)12-8-16-7-11(17)4-5-13(16)15-12/h1-3,6,8,11,17H,4-5,7,14H2. The van der Waals surface area contributed by atoms with Gasteiger partial charge in [-0.3, -0.25) is 0 Å². The number of hydrogen-bond acceptors (Lipinski definition) is 3. The van der Waals surface area contributed by atoms with Gasteiger partial charge in [-0.1, -0.05) is 12.1 Å². The molecule has 1 aromatic carbocycles. The molecule has 1 atom stereocenters. The number of aliphatic hydroxyl groups excluding tert-OH is 1. The molecule has 0 aliphatic carbocycles. The molecule has 0 radical (unpaired) electrons. The van der Waals surface area contributed by atoms with Gasteiger partial charge in [0.2, 0.25) is 0 Å². The highest BCUT2D eigenvalue weighted by Crippen LogP contribution is 2.23. The van der Waals surface area contributed by atoms with Crippen LogP contribution in [0.1, 0.15) is 12.2 Å². The number of nitrogens with two attached hydrogens (primary N) is 1. The highest BCUT2D eigenvalue weighted by atomic mass is 16.3. The van der Waals surface area contributed by atoms with E-state index in [1.165, 1.54) is 0 Å². The van der Waals surface area contributed by atoms with Crippen molar-refractivity contribution in [2.45, 2.75) is 25.5 Å². The second-order valence-electron chi connectivity index (χ2n) is 4.51. The van der Waals surface area contributed by atoms with Gasteiger partial charge < -0.3 is 15.4 Å². The molecule has 88 valence electrons. The lowest BCUT2D eigenvalue weighted by Crippen LogP contribution is -2.23. The summed E-state index contributed by atoms with van der Waals surface area (Å²) in [5.74, 6) is 1.05. The van der Waals surface area contributed by atoms with E-state index in [2.05, 4.69) is 4.98 Å². The third-order valence-corrected chi connectivity index (χ3v) is 3.15. The molecule has 2 heterocycles. The lowest BCUT2D eigenvalue weighted by molar-refractivity contribution is 0.130. The Balaban J connectivity index is 2.00. The number of rotatable bonds is 1. The molecule has 1 aliphatic heterocycles. The van der Waals surface area contributed by atoms with Crippen LogP contribution in [0, 0.1) is 0 Å². The zero-order valence-corrected chi connectivity index (χ0v) is 9.50. The largest absolute Gasteiger partial charge is 0.399 e. The van der Waals surface area contributed by atoms with Gasteiger partial charge in [0, 0.05) is 30.4 Å². The molecule has 0 saturated carbocycles. The monoisotopic (exact) mass is 229 g/mol. The molecule has 3 N–H and O–H groups in total. The fourth-order valence-electron chi connectivity index (χ4n) is 2.26. The van der Waals surface area contributed by atoms with Crippen LogP contribution >= 0.6 is 0 Å². The van der Waals surface area contributed by atoms with E-state index in [0.29, 0.717) is 6.54 Å². The number of nitrogen functional groups attached to an aromatic ring is 1. The van der Waals surface area contributed by atoms with Crippen molar-refractivity contribution in [3.8, 4) is 11.3 Å². The molecule has 4 heteroatoms. The molecule has 0 saturated heterocycles. The van der Waals surface area contributed by atoms with Crippen molar-refractivity contribution in [3.05, 3.63) is 36.3 Å². The van der Waals surface area contributed by atoms with Gasteiger partial charge in [0.15, 0.2) is 0 Å². The van der Waals surface area contributed by atoms with Crippen LogP contribution in [0.2, 0.25) is 0 Å². The van der Waals surface area contributed by atoms with Gasteiger partial charge in [-0.15, -0.1) is 0 Å². The zero-order valence-electron chi connectivity index (χ0n) is 9.50. The minimum atomic E-state index is -0.245. The van der Waals surface area contributed by atoms with Crippen LogP contribution < -0.4 is 5.73 Å². The predicted molar refractivity (Wildman–Crippen MR) is 66.4 cm³/mol. The van der Waals surface area contributed by atoms with Gasteiger partial charge in [-0.05, 0) is 18.6 Å². The highest BCUT2D eigenvalue weighted by Gasteiger charge is 2.18. The first kappa shape index (κ1) is 10.4. The summed E-state index contributed by atoms with van der Waals surface area (Å²) in [7, 11) is 0. The number of nitrogens with zero attached hydrogens (tertiary/aromatic N) is 2. The number of aromatic nitrogens is 2. The minimum Gasteiger partial charge on any atom is -0.399 e. The van der Waals surface area contributed by atoms with Gasteiger partial charge in [0.1, 0.15) is 5.82 Å². The summed E-state index contributed by atoms with van der Waals surface area (Å²) in [6.45, 7) is 0.644. The van der Waals surface area contributed by atoms with Crippen LogP contribution in [0.3, 0.4) is 0 Å². The van der Waals surface area contributed by atoms with E-state index in [-0.39, 0.29) is 6.10 Å². The average Bonchev–Trinajstić information content (AvgIpc) is 2.72. The van der Waals surface area contributed by atoms with Crippen LogP contribution in [-0.2, 0) is 13.0 Å². The van der Waals surface area contributed by atoms with E-state index in [9.17, 15) is 5.11 Å². The first-order valence-electron chi connectivity index (χ1n) is 5.82. The normalized spacial score (nSPS) is 19.0. The summed E-state index contributed by atoms with van der Waals surface area (Å²) in [6.07, 6.45) is 3.38. The second kappa shape index (κ2) is 3.89. The number of anilines is 1. The fourth-order valence-corrected chi connectivity index (χ4v) is 2.26. The summed E-state index contributed by atoms with van der Waals surface area (Å²) in [4.78, 5) is 4.59. The quantitative estimate of drug-likeness (QED) is 0.727. The Bertz CT molecular complexity index is 547. The number of aryl methyl sites for hydroxylation is 1. The molecule has 0 amide bonds. The van der Waals surface area contributed by atoms with Gasteiger partial charge in [-0.2, -0.15) is 0 Å². The first-order chi connectivity index (χ1) is 8.22. The van der Waals surface area contributed by atoms with Crippen molar-refractivity contribution in [2.24, 2.45) is 0 Å². The lowest BCUT2D eigenvalue weighted by atomic mass is 10.1. The molecule has 4 nitrogen and oxygen atoms in total. The van der Waals surface area contributed by atoms with E-state index in [1.54, 1.807) is 0 Å². The van der Waals surface area contributed by atoms with E-state index in [0.717, 1.165) is 35.6 Å². The molecule has 1 unspecified atom stereocenters. The SMILES string of the molecule is Nc1cccc(-c2cn3c(n2)CCC(O)C3)c1. The number of imidazole rings is 1. The van der Waals surface area contributed by atoms with Crippen molar-refractivity contribution in [2.75, 3.05) is 5.73 Å². The maximum Gasteiger partial charge on any atom is 0.109 e. The van der Waals surface area contributed by atoms with E-state index < -0.39 is 0 Å². The Hall–Kier alpha value is -1.81. The molecular formula is C13H15N3O. The van der Waals surface area contributed by atoms with Crippen molar-refractivity contribution in [3.63, 3.8) is 0 Å². The van der Waals surface area contributed by atoms with Crippen LogP contribution in [0.25, 0.3) is 11.3 Å². The highest BCUT2D eigenvalue weighted by molar-refractivity contribution is 5.63. The predicted octanol–water partition coefficient (Wildman–Crippen LogP) is 1.44. The summed E-state index contributed by atoms with van der Waals surface area (Å²) in [5.41, 5.74) is 8.47. The summed E-state index contributed by atoms with van der Waals surface area (Å²) in [6, 6.07) is 7.72. The van der Waals surface area contributed by atoms with Crippen molar-refractivity contribution in [1.29, 1.82) is 0 Å². The zero-order chi connectivity index (χ0) is 11.8. The van der Waals surface area contributed by atoms with Crippen LogP contribution in [0.15, 0.2) is 30.5 Å². The van der Waals surface area contributed by atoms with Crippen molar-refractivity contribution >= 4 is 5.69 Å². The molecule has 17 heavy (non-hydrogen) atoms. The molecule has 0 spiro atoms. The van der Waals surface area contributed by atoms with Gasteiger partial charge in [-0.25, -0.2) is 4.98 Å². The maximum absolute atomic E-state index is 9.61. The maximum atomic E-state index is 9.61. The third kappa shape index (κ3) is 1.91. The molecule has 1 aliphatic rings. The number of hydrogen-bond donors (Lipinski definition) is 2. The second-order valence-corrected chi connectivity index (χ2v) is 4.51. The Morgan fingerprint density at radius 1 is 1.41 bits per heavy atom. The number of fused-ring (bicyclic) bond motifs is 1. The van der Waals surface area contributed by atoms with Crippen LogP contribution in [-0.4, -0.2) is 20.8 Å². The van der Waals surface area contributed by atoms with Gasteiger partial charge >= 0.3 is 0 Å². The van der Waals surface area contributed by atoms with E-state index in [4.69, 9.17) is 5.73 Å². The van der Waals surface area contributed by atoms with Crippen LogP contribution in [0.5, 0.6) is 0 Å². The molecule has 0 fully saturated rings. The van der Waals surface area contributed by atoms with E-state index in [1.807, 2.05) is 35.0 Å². The van der Waals surface area contributed by atoms with Gasteiger partial charge in [0.25, 0.3) is 0 Å². The molecular weight excluding hydrogens is 214 g/mol. The summed E-state index contributed by atoms with van der Waals surface area (Å²) < 4.78 is 2.03. The smallest absolute Gasteiger partial charge is 0.109 e. The first-order valence-corrected chi connectivity index (χ1v) is 5.82. The summed E-state index contributed by atoms with van der Waals surface area (Å²) >= 11 is 0. The minimum absolute atomic E-state index is 0.245. The molecule has 0 bridgehead atoms. The Kier molecular flexibility index (Phi) is 2.37. The van der Waals surface area contributed by atoms with Crippen molar-refractivity contribution < 1.29 is 5.11 Å². The Labute approximate surface area is 99.7 Å². The molecule has 1 aromatic heterocycles. The van der Waals surface area contributed by atoms with Gasteiger partial charge in [0.05, 0.1) is 11.8 Å². The van der Waals surface area contributed by atoms with Crippen molar-refractivity contribution in [1.82, 2.24) is 9.55 Å². The van der Waals surface area contributed by atoms with Crippen LogP contribution in [0.4, 0.5) is 5.69 Å². The summed E-state index contributed by atoms with van der Waals surface area (Å²) in [5, 5.41) is 9.61. The molecule has 3 rings (SSSR count). The topological polar surface area (TPSA) is 64.1 Å². The average molecular weight is 229 g/mol. The Morgan fingerprint density at radius 3 is 3.12 bits per heavy atom. The fraction of sp³-hybridized carbons (Fsp3) is 0.308. The number of aliphatic hydroxyl groups is 1. The third-order valence-electron chi connectivity index (χ3n) is 3.15. The van der Waals surface area contributed by atoms with E-state index >= 15 is 0 Å². The Morgan fingerprint density at radius 2 is 2.29 bits per heavy atom.